The third-order valence-corrected chi connectivity index (χ3v) is 7.09. The van der Waals surface area contributed by atoms with Crippen LogP contribution in [0.2, 0.25) is 0 Å². The first kappa shape index (κ1) is 21.4. The van der Waals surface area contributed by atoms with Crippen LogP contribution in [0.15, 0.2) is 45.4 Å². The number of aryl methyl sites for hydroxylation is 2. The van der Waals surface area contributed by atoms with Crippen LogP contribution in [0.25, 0.3) is 10.2 Å². The molecule has 3 aromatic heterocycles. The zero-order valence-electron chi connectivity index (χ0n) is 16.8. The van der Waals surface area contributed by atoms with Gasteiger partial charge in [-0.25, -0.2) is 9.78 Å². The number of thiophene rings is 1. The lowest BCUT2D eigenvalue weighted by Crippen LogP contribution is -2.40. The summed E-state index contributed by atoms with van der Waals surface area (Å²) in [7, 11) is 0. The highest BCUT2D eigenvalue weighted by Crippen LogP contribution is 2.34. The number of fused-ring (bicyclic) bond motifs is 3. The standard InChI is InChI=1S/C21H22N4O4S2/c1-2-9-22-20(28)23-16(26)12-30-21-24-18-17(14-7-3-4-8-15(14)31-18)19(27)25(21)11-13-6-5-10-29-13/h2,5-6,10H,1,3-4,7-9,11-12H2,(H2,22,23,26,28). The second-order valence-electron chi connectivity index (χ2n) is 7.09. The predicted octanol–water partition coefficient (Wildman–Crippen LogP) is 3.08. The van der Waals surface area contributed by atoms with E-state index in [-0.39, 0.29) is 24.4 Å². The van der Waals surface area contributed by atoms with Crippen molar-refractivity contribution in [3.63, 3.8) is 0 Å². The number of amides is 3. The molecule has 0 aliphatic heterocycles. The summed E-state index contributed by atoms with van der Waals surface area (Å²) < 4.78 is 6.99. The van der Waals surface area contributed by atoms with Gasteiger partial charge in [0, 0.05) is 11.4 Å². The molecule has 2 N–H and O–H groups in total. The predicted molar refractivity (Wildman–Crippen MR) is 121 cm³/mol. The molecule has 0 saturated carbocycles. The fourth-order valence-electron chi connectivity index (χ4n) is 3.53. The van der Waals surface area contributed by atoms with Gasteiger partial charge in [0.2, 0.25) is 5.91 Å². The molecule has 0 saturated heterocycles. The van der Waals surface area contributed by atoms with E-state index in [0.29, 0.717) is 21.1 Å². The summed E-state index contributed by atoms with van der Waals surface area (Å²) in [5.41, 5.74) is 0.998. The number of furan rings is 1. The van der Waals surface area contributed by atoms with E-state index in [9.17, 15) is 14.4 Å². The molecule has 31 heavy (non-hydrogen) atoms. The van der Waals surface area contributed by atoms with Gasteiger partial charge in [-0.3, -0.25) is 19.5 Å². The minimum atomic E-state index is -0.590. The summed E-state index contributed by atoms with van der Waals surface area (Å²) in [6, 6.07) is 2.97. The van der Waals surface area contributed by atoms with Gasteiger partial charge in [0.15, 0.2) is 5.16 Å². The molecule has 3 heterocycles. The SMILES string of the molecule is C=CCNC(=O)NC(=O)CSc1nc2sc3c(c2c(=O)n1Cc1ccco1)CCCC3. The van der Waals surface area contributed by atoms with E-state index in [1.54, 1.807) is 34.3 Å². The highest BCUT2D eigenvalue weighted by Gasteiger charge is 2.23. The van der Waals surface area contributed by atoms with Crippen LogP contribution < -0.4 is 16.2 Å². The van der Waals surface area contributed by atoms with Gasteiger partial charge < -0.3 is 9.73 Å². The fourth-order valence-corrected chi connectivity index (χ4v) is 5.63. The number of aromatic nitrogens is 2. The number of carbonyl (C=O) groups excluding carboxylic acids is 2. The van der Waals surface area contributed by atoms with E-state index in [0.717, 1.165) is 43.0 Å². The number of urea groups is 1. The maximum Gasteiger partial charge on any atom is 0.321 e. The molecule has 0 bridgehead atoms. The van der Waals surface area contributed by atoms with Crippen molar-refractivity contribution in [1.82, 2.24) is 20.2 Å². The topological polar surface area (TPSA) is 106 Å². The van der Waals surface area contributed by atoms with Crippen molar-refractivity contribution in [1.29, 1.82) is 0 Å². The van der Waals surface area contributed by atoms with Gasteiger partial charge in [-0.05, 0) is 43.4 Å². The first-order chi connectivity index (χ1) is 15.1. The zero-order valence-corrected chi connectivity index (χ0v) is 18.4. The largest absolute Gasteiger partial charge is 0.467 e. The van der Waals surface area contributed by atoms with E-state index in [1.807, 2.05) is 0 Å². The van der Waals surface area contributed by atoms with Gasteiger partial charge in [0.1, 0.15) is 10.6 Å². The lowest BCUT2D eigenvalue weighted by molar-refractivity contribution is -0.117. The summed E-state index contributed by atoms with van der Waals surface area (Å²) in [6.45, 7) is 3.99. The summed E-state index contributed by atoms with van der Waals surface area (Å²) >= 11 is 2.69. The molecule has 4 rings (SSSR count). The minimum Gasteiger partial charge on any atom is -0.467 e. The Hall–Kier alpha value is -2.85. The highest BCUT2D eigenvalue weighted by molar-refractivity contribution is 7.99. The van der Waals surface area contributed by atoms with Crippen LogP contribution >= 0.6 is 23.1 Å². The van der Waals surface area contributed by atoms with E-state index in [2.05, 4.69) is 17.2 Å². The van der Waals surface area contributed by atoms with Crippen molar-refractivity contribution in [3.05, 3.63) is 57.6 Å². The third-order valence-electron chi connectivity index (χ3n) is 4.93. The van der Waals surface area contributed by atoms with Crippen LogP contribution in [0.1, 0.15) is 29.0 Å². The maximum absolute atomic E-state index is 13.4. The average molecular weight is 459 g/mol. The molecule has 162 valence electrons. The number of hydrogen-bond acceptors (Lipinski definition) is 7. The lowest BCUT2D eigenvalue weighted by atomic mass is 9.97. The molecule has 3 aromatic rings. The van der Waals surface area contributed by atoms with Crippen molar-refractivity contribution >= 4 is 45.3 Å². The lowest BCUT2D eigenvalue weighted by Gasteiger charge is -2.13. The minimum absolute atomic E-state index is 0.0529. The molecule has 0 radical (unpaired) electrons. The number of rotatable bonds is 7. The Morgan fingerprint density at radius 2 is 2.19 bits per heavy atom. The second-order valence-corrected chi connectivity index (χ2v) is 9.12. The number of hydrogen-bond donors (Lipinski definition) is 2. The van der Waals surface area contributed by atoms with E-state index in [4.69, 9.17) is 9.40 Å². The van der Waals surface area contributed by atoms with Crippen molar-refractivity contribution in [2.24, 2.45) is 0 Å². The molecule has 0 fully saturated rings. The molecule has 0 atom stereocenters. The van der Waals surface area contributed by atoms with Gasteiger partial charge in [-0.15, -0.1) is 17.9 Å². The molecule has 1 aliphatic rings. The average Bonchev–Trinajstić information content (AvgIpc) is 3.40. The number of imide groups is 1. The molecular weight excluding hydrogens is 436 g/mol. The summed E-state index contributed by atoms with van der Waals surface area (Å²) in [6.07, 6.45) is 7.13. The molecule has 1 aliphatic carbocycles. The first-order valence-corrected chi connectivity index (χ1v) is 11.8. The van der Waals surface area contributed by atoms with Crippen molar-refractivity contribution < 1.29 is 14.0 Å². The Balaban J connectivity index is 1.63. The Morgan fingerprint density at radius 3 is 2.97 bits per heavy atom. The van der Waals surface area contributed by atoms with Crippen molar-refractivity contribution in [3.8, 4) is 0 Å². The molecule has 0 unspecified atom stereocenters. The zero-order chi connectivity index (χ0) is 21.8. The second kappa shape index (κ2) is 9.52. The molecule has 0 aromatic carbocycles. The summed E-state index contributed by atoms with van der Waals surface area (Å²) in [4.78, 5) is 44.0. The Labute approximate surface area is 186 Å². The Bertz CT molecular complexity index is 1180. The van der Waals surface area contributed by atoms with Crippen LogP contribution in [0.3, 0.4) is 0 Å². The van der Waals surface area contributed by atoms with Crippen LogP contribution in [0.5, 0.6) is 0 Å². The van der Waals surface area contributed by atoms with Gasteiger partial charge >= 0.3 is 6.03 Å². The van der Waals surface area contributed by atoms with Gasteiger partial charge in [-0.1, -0.05) is 17.8 Å². The molecule has 10 heteroatoms. The smallest absolute Gasteiger partial charge is 0.321 e. The van der Waals surface area contributed by atoms with Crippen LogP contribution in [-0.2, 0) is 24.2 Å². The normalized spacial score (nSPS) is 13.0. The number of thioether (sulfide) groups is 1. The van der Waals surface area contributed by atoms with E-state index >= 15 is 0 Å². The summed E-state index contributed by atoms with van der Waals surface area (Å²) in [5, 5.41) is 5.85. The monoisotopic (exact) mass is 458 g/mol. The first-order valence-electron chi connectivity index (χ1n) is 9.95. The summed E-state index contributed by atoms with van der Waals surface area (Å²) in [5.74, 6) is 0.0984. The molecule has 0 spiro atoms. The van der Waals surface area contributed by atoms with Crippen LogP contribution in [0, 0.1) is 0 Å². The van der Waals surface area contributed by atoms with E-state index in [1.165, 1.54) is 11.0 Å². The highest BCUT2D eigenvalue weighted by atomic mass is 32.2. The maximum atomic E-state index is 13.4. The van der Waals surface area contributed by atoms with Gasteiger partial charge in [-0.2, -0.15) is 0 Å². The van der Waals surface area contributed by atoms with Crippen molar-refractivity contribution in [2.45, 2.75) is 37.4 Å². The van der Waals surface area contributed by atoms with Crippen LogP contribution in [0.4, 0.5) is 4.79 Å². The number of nitrogens with zero attached hydrogens (tertiary/aromatic N) is 2. The van der Waals surface area contributed by atoms with Crippen molar-refractivity contribution in [2.75, 3.05) is 12.3 Å². The quantitative estimate of drug-likeness (QED) is 0.320. The fraction of sp³-hybridized carbons (Fsp3) is 0.333. The molecule has 3 amide bonds. The number of nitrogens with one attached hydrogen (secondary N) is 2. The van der Waals surface area contributed by atoms with E-state index < -0.39 is 11.9 Å². The molecule has 8 nitrogen and oxygen atoms in total. The third kappa shape index (κ3) is 4.75. The Kier molecular flexibility index (Phi) is 6.57. The number of carbonyl (C=O) groups is 2. The van der Waals surface area contributed by atoms with Gasteiger partial charge in [0.05, 0.1) is 23.9 Å². The Morgan fingerprint density at radius 1 is 1.35 bits per heavy atom. The van der Waals surface area contributed by atoms with Gasteiger partial charge in [0.25, 0.3) is 5.56 Å². The van der Waals surface area contributed by atoms with Crippen LogP contribution in [-0.4, -0.2) is 33.8 Å². The molecular formula is C21H22N4O4S2.